The number of rotatable bonds is 7. The van der Waals surface area contributed by atoms with Crippen LogP contribution in [0.4, 0.5) is 18.9 Å². The second-order valence-corrected chi connectivity index (χ2v) is 4.60. The molecule has 1 aromatic heterocycles. The minimum absolute atomic E-state index is 0.0713. The molecule has 1 heterocycles. The number of ether oxygens (including phenoxy) is 1. The van der Waals surface area contributed by atoms with E-state index in [1.165, 1.54) is 0 Å². The van der Waals surface area contributed by atoms with E-state index in [-0.39, 0.29) is 12.6 Å². The zero-order valence-corrected chi connectivity index (χ0v) is 11.6. The molecule has 6 nitrogen and oxygen atoms in total. The van der Waals surface area contributed by atoms with E-state index in [0.717, 1.165) is 0 Å². The summed E-state index contributed by atoms with van der Waals surface area (Å²) in [6.45, 7) is 4.57. The summed E-state index contributed by atoms with van der Waals surface area (Å²) in [4.78, 5) is 13.0. The Morgan fingerprint density at radius 2 is 2.14 bits per heavy atom. The molecule has 0 atom stereocenters. The molecule has 118 valence electrons. The first-order valence-electron chi connectivity index (χ1n) is 6.29. The van der Waals surface area contributed by atoms with Crippen molar-refractivity contribution in [2.45, 2.75) is 32.5 Å². The Morgan fingerprint density at radius 1 is 1.48 bits per heavy atom. The maximum absolute atomic E-state index is 12.5. The van der Waals surface area contributed by atoms with Crippen LogP contribution >= 0.6 is 0 Å². The molecule has 0 spiro atoms. The number of halogens is 3. The van der Waals surface area contributed by atoms with Crippen molar-refractivity contribution in [2.75, 3.05) is 13.2 Å². The van der Waals surface area contributed by atoms with Gasteiger partial charge in [-0.1, -0.05) is 13.8 Å². The van der Waals surface area contributed by atoms with Crippen LogP contribution in [0.3, 0.4) is 0 Å². The van der Waals surface area contributed by atoms with Crippen LogP contribution in [0.15, 0.2) is 12.3 Å². The van der Waals surface area contributed by atoms with Crippen LogP contribution < -0.4 is 10.1 Å². The summed E-state index contributed by atoms with van der Waals surface area (Å²) in [6.07, 6.45) is -3.60. The minimum Gasteiger partial charge on any atom is -0.487 e. The van der Waals surface area contributed by atoms with Gasteiger partial charge in [-0.15, -0.1) is 0 Å². The molecule has 0 aliphatic carbocycles. The van der Waals surface area contributed by atoms with Gasteiger partial charge in [-0.05, 0) is 13.0 Å². The standard InChI is InChI=1S/C12H16F3N3O3/c1-8(2)16-4-3-5-21-10-6-11(12(13,14)15)17-7-9(10)18(19)20/h6-8,16H,3-5H2,1-2H3. The lowest BCUT2D eigenvalue weighted by Gasteiger charge is -2.11. The molecule has 0 aliphatic rings. The Bertz CT molecular complexity index is 492. The molecule has 1 N–H and O–H groups in total. The fourth-order valence-corrected chi connectivity index (χ4v) is 1.48. The van der Waals surface area contributed by atoms with Crippen molar-refractivity contribution in [1.29, 1.82) is 0 Å². The Labute approximate surface area is 119 Å². The highest BCUT2D eigenvalue weighted by Gasteiger charge is 2.34. The van der Waals surface area contributed by atoms with E-state index in [1.54, 1.807) is 0 Å². The van der Waals surface area contributed by atoms with E-state index in [1.807, 2.05) is 13.8 Å². The predicted octanol–water partition coefficient (Wildman–Crippen LogP) is 2.78. The second-order valence-electron chi connectivity index (χ2n) is 4.60. The molecule has 0 saturated carbocycles. The van der Waals surface area contributed by atoms with E-state index < -0.39 is 28.2 Å². The summed E-state index contributed by atoms with van der Waals surface area (Å²) in [5.41, 5.74) is -1.80. The first-order valence-corrected chi connectivity index (χ1v) is 6.29. The SMILES string of the molecule is CC(C)NCCCOc1cc(C(F)(F)F)ncc1[N+](=O)[O-]. The van der Waals surface area contributed by atoms with Crippen LogP contribution in [0.25, 0.3) is 0 Å². The average molecular weight is 307 g/mol. The second kappa shape index (κ2) is 7.21. The topological polar surface area (TPSA) is 77.3 Å². The van der Waals surface area contributed by atoms with Crippen molar-refractivity contribution in [3.05, 3.63) is 28.1 Å². The molecule has 0 aliphatic heterocycles. The zero-order valence-electron chi connectivity index (χ0n) is 11.6. The van der Waals surface area contributed by atoms with E-state index in [2.05, 4.69) is 10.3 Å². The van der Waals surface area contributed by atoms with Gasteiger partial charge in [0.15, 0.2) is 0 Å². The van der Waals surface area contributed by atoms with Crippen LogP contribution in [0.1, 0.15) is 26.0 Å². The van der Waals surface area contributed by atoms with Crippen LogP contribution in [-0.4, -0.2) is 29.1 Å². The van der Waals surface area contributed by atoms with Gasteiger partial charge in [0.2, 0.25) is 5.75 Å². The molecule has 0 bridgehead atoms. The number of hydrogen-bond donors (Lipinski definition) is 1. The van der Waals surface area contributed by atoms with Crippen molar-refractivity contribution in [3.63, 3.8) is 0 Å². The van der Waals surface area contributed by atoms with Crippen molar-refractivity contribution in [2.24, 2.45) is 0 Å². The third kappa shape index (κ3) is 5.54. The maximum Gasteiger partial charge on any atom is 0.433 e. The molecule has 21 heavy (non-hydrogen) atoms. The monoisotopic (exact) mass is 307 g/mol. The number of pyridine rings is 1. The van der Waals surface area contributed by atoms with E-state index in [4.69, 9.17) is 4.74 Å². The molecule has 1 rings (SSSR count). The molecule has 0 fully saturated rings. The quantitative estimate of drug-likeness (QED) is 0.476. The Kier molecular flexibility index (Phi) is 5.89. The molecule has 0 amide bonds. The predicted molar refractivity (Wildman–Crippen MR) is 69.1 cm³/mol. The van der Waals surface area contributed by atoms with Gasteiger partial charge < -0.3 is 10.1 Å². The lowest BCUT2D eigenvalue weighted by molar-refractivity contribution is -0.386. The fraction of sp³-hybridized carbons (Fsp3) is 0.583. The van der Waals surface area contributed by atoms with Crippen molar-refractivity contribution < 1.29 is 22.8 Å². The number of alkyl halides is 3. The summed E-state index contributed by atoms with van der Waals surface area (Å²) in [5, 5.41) is 13.9. The third-order valence-corrected chi connectivity index (χ3v) is 2.46. The van der Waals surface area contributed by atoms with Crippen LogP contribution in [0, 0.1) is 10.1 Å². The van der Waals surface area contributed by atoms with Gasteiger partial charge in [0.1, 0.15) is 11.9 Å². The van der Waals surface area contributed by atoms with Gasteiger partial charge in [0.25, 0.3) is 0 Å². The Morgan fingerprint density at radius 3 is 2.67 bits per heavy atom. The first-order chi connectivity index (χ1) is 9.71. The summed E-state index contributed by atoms with van der Waals surface area (Å²) in [6, 6.07) is 0.825. The van der Waals surface area contributed by atoms with E-state index in [0.29, 0.717) is 25.2 Å². The van der Waals surface area contributed by atoms with Crippen LogP contribution in [0.5, 0.6) is 5.75 Å². The van der Waals surface area contributed by atoms with Crippen LogP contribution in [0.2, 0.25) is 0 Å². The lowest BCUT2D eigenvalue weighted by atomic mass is 10.3. The van der Waals surface area contributed by atoms with E-state index >= 15 is 0 Å². The molecular formula is C12H16F3N3O3. The molecule has 0 aromatic carbocycles. The van der Waals surface area contributed by atoms with Crippen LogP contribution in [-0.2, 0) is 6.18 Å². The fourth-order valence-electron chi connectivity index (χ4n) is 1.48. The number of aromatic nitrogens is 1. The first kappa shape index (κ1) is 17.2. The third-order valence-electron chi connectivity index (χ3n) is 2.46. The average Bonchev–Trinajstić information content (AvgIpc) is 2.36. The summed E-state index contributed by atoms with van der Waals surface area (Å²) in [7, 11) is 0. The Hall–Kier alpha value is -1.90. The highest BCUT2D eigenvalue weighted by atomic mass is 19.4. The van der Waals surface area contributed by atoms with Crippen molar-refractivity contribution in [3.8, 4) is 5.75 Å². The minimum atomic E-state index is -4.67. The summed E-state index contributed by atoms with van der Waals surface area (Å²) >= 11 is 0. The van der Waals surface area contributed by atoms with Crippen molar-refractivity contribution >= 4 is 5.69 Å². The largest absolute Gasteiger partial charge is 0.487 e. The summed E-state index contributed by atoms with van der Waals surface area (Å²) in [5.74, 6) is -0.424. The Balaban J connectivity index is 2.75. The van der Waals surface area contributed by atoms with Crippen molar-refractivity contribution in [1.82, 2.24) is 10.3 Å². The lowest BCUT2D eigenvalue weighted by Crippen LogP contribution is -2.24. The number of nitrogens with one attached hydrogen (secondary N) is 1. The molecular weight excluding hydrogens is 291 g/mol. The highest BCUT2D eigenvalue weighted by molar-refractivity contribution is 5.45. The molecule has 0 unspecified atom stereocenters. The molecule has 0 saturated heterocycles. The van der Waals surface area contributed by atoms with Gasteiger partial charge in [-0.3, -0.25) is 10.1 Å². The molecule has 9 heteroatoms. The normalized spacial score (nSPS) is 11.7. The highest BCUT2D eigenvalue weighted by Crippen LogP contribution is 2.34. The van der Waals surface area contributed by atoms with Gasteiger partial charge in [-0.25, -0.2) is 4.98 Å². The van der Waals surface area contributed by atoms with Gasteiger partial charge in [0, 0.05) is 12.1 Å². The molecule has 1 aromatic rings. The molecule has 0 radical (unpaired) electrons. The summed E-state index contributed by atoms with van der Waals surface area (Å²) < 4.78 is 42.7. The number of hydrogen-bond acceptors (Lipinski definition) is 5. The zero-order chi connectivity index (χ0) is 16.0. The number of nitro groups is 1. The maximum atomic E-state index is 12.5. The number of nitrogens with zero attached hydrogens (tertiary/aromatic N) is 2. The van der Waals surface area contributed by atoms with Gasteiger partial charge >= 0.3 is 11.9 Å². The van der Waals surface area contributed by atoms with Gasteiger partial charge in [0.05, 0.1) is 11.5 Å². The smallest absolute Gasteiger partial charge is 0.433 e. The van der Waals surface area contributed by atoms with Gasteiger partial charge in [-0.2, -0.15) is 13.2 Å². The van der Waals surface area contributed by atoms with E-state index in [9.17, 15) is 23.3 Å².